The van der Waals surface area contributed by atoms with E-state index in [1.807, 2.05) is 12.1 Å². The van der Waals surface area contributed by atoms with E-state index in [0.29, 0.717) is 15.7 Å². The normalized spacial score (nSPS) is 10.7. The fourth-order valence-corrected chi connectivity index (χ4v) is 3.53. The third kappa shape index (κ3) is 4.84. The van der Waals surface area contributed by atoms with E-state index in [-0.39, 0.29) is 24.0 Å². The molecule has 2 aromatic carbocycles. The number of benzene rings is 2. The highest BCUT2D eigenvalue weighted by Crippen LogP contribution is 2.21. The molecule has 0 spiro atoms. The van der Waals surface area contributed by atoms with Gasteiger partial charge in [0.2, 0.25) is 5.91 Å². The van der Waals surface area contributed by atoms with Crippen molar-refractivity contribution in [1.29, 1.82) is 0 Å². The van der Waals surface area contributed by atoms with Crippen molar-refractivity contribution in [1.82, 2.24) is 20.1 Å². The summed E-state index contributed by atoms with van der Waals surface area (Å²) in [6.45, 7) is 0.117. The summed E-state index contributed by atoms with van der Waals surface area (Å²) in [6, 6.07) is 11.9. The van der Waals surface area contributed by atoms with Crippen molar-refractivity contribution >= 4 is 45.2 Å². The monoisotopic (exact) mass is 454 g/mol. The molecule has 3 rings (SSSR count). The Morgan fingerprint density at radius 2 is 2.15 bits per heavy atom. The highest BCUT2D eigenvalue weighted by Gasteiger charge is 2.11. The number of hydrogen-bond acceptors (Lipinski definition) is 4. The molecule has 5 nitrogen and oxygen atoms in total. The Morgan fingerprint density at radius 1 is 1.31 bits per heavy atom. The average molecular weight is 456 g/mol. The molecule has 0 bridgehead atoms. The standard InChI is InChI=1S/C17H13BrClFN4OS/c18-12-4-5-15(20)11(6-12)8-21-16(25)9-26-17-23-22-10-24(17)14-3-1-2-13(19)7-14/h1-7,10H,8-9H2,(H,21,25). The predicted molar refractivity (Wildman–Crippen MR) is 103 cm³/mol. The molecule has 1 aromatic heterocycles. The topological polar surface area (TPSA) is 59.8 Å². The minimum absolute atomic E-state index is 0.117. The maximum atomic E-state index is 13.7. The van der Waals surface area contributed by atoms with Gasteiger partial charge in [0, 0.05) is 21.6 Å². The van der Waals surface area contributed by atoms with Gasteiger partial charge in [-0.05, 0) is 36.4 Å². The van der Waals surface area contributed by atoms with Gasteiger partial charge in [0.1, 0.15) is 12.1 Å². The molecule has 0 radical (unpaired) electrons. The van der Waals surface area contributed by atoms with E-state index < -0.39 is 0 Å². The maximum absolute atomic E-state index is 13.7. The summed E-state index contributed by atoms with van der Waals surface area (Å²) in [4.78, 5) is 12.1. The number of carbonyl (C=O) groups excluding carboxylic acids is 1. The van der Waals surface area contributed by atoms with Crippen LogP contribution in [0.2, 0.25) is 5.02 Å². The van der Waals surface area contributed by atoms with Crippen LogP contribution in [0.3, 0.4) is 0 Å². The third-order valence-corrected chi connectivity index (χ3v) is 5.09. The number of nitrogens with one attached hydrogen (secondary N) is 1. The van der Waals surface area contributed by atoms with Crippen LogP contribution in [0.15, 0.2) is 58.4 Å². The van der Waals surface area contributed by atoms with E-state index in [9.17, 15) is 9.18 Å². The predicted octanol–water partition coefficient (Wildman–Crippen LogP) is 4.23. The number of thioether (sulfide) groups is 1. The summed E-state index contributed by atoms with van der Waals surface area (Å²) >= 11 is 10.5. The third-order valence-electron chi connectivity index (χ3n) is 3.42. The van der Waals surface area contributed by atoms with E-state index >= 15 is 0 Å². The molecule has 1 heterocycles. The molecular formula is C17H13BrClFN4OS. The molecule has 0 saturated heterocycles. The summed E-state index contributed by atoms with van der Waals surface area (Å²) in [6.07, 6.45) is 1.56. The molecule has 0 fully saturated rings. The average Bonchev–Trinajstić information content (AvgIpc) is 3.09. The van der Waals surface area contributed by atoms with Gasteiger partial charge in [0.05, 0.1) is 11.4 Å². The van der Waals surface area contributed by atoms with Gasteiger partial charge >= 0.3 is 0 Å². The summed E-state index contributed by atoms with van der Waals surface area (Å²) < 4.78 is 16.2. The highest BCUT2D eigenvalue weighted by molar-refractivity contribution is 9.10. The van der Waals surface area contributed by atoms with Crippen LogP contribution in [-0.4, -0.2) is 26.4 Å². The highest BCUT2D eigenvalue weighted by atomic mass is 79.9. The lowest BCUT2D eigenvalue weighted by atomic mass is 10.2. The number of carbonyl (C=O) groups is 1. The van der Waals surface area contributed by atoms with Crippen LogP contribution in [0.4, 0.5) is 4.39 Å². The van der Waals surface area contributed by atoms with Crippen molar-refractivity contribution in [3.8, 4) is 5.69 Å². The van der Waals surface area contributed by atoms with E-state index in [1.54, 1.807) is 35.2 Å². The summed E-state index contributed by atoms with van der Waals surface area (Å²) in [5.74, 6) is -0.452. The molecule has 26 heavy (non-hydrogen) atoms. The van der Waals surface area contributed by atoms with Crippen LogP contribution in [-0.2, 0) is 11.3 Å². The fraction of sp³-hybridized carbons (Fsp3) is 0.118. The smallest absolute Gasteiger partial charge is 0.230 e. The second-order valence-electron chi connectivity index (χ2n) is 5.26. The molecular weight excluding hydrogens is 443 g/mol. The second-order valence-corrected chi connectivity index (χ2v) is 7.56. The van der Waals surface area contributed by atoms with Crippen molar-refractivity contribution in [3.05, 3.63) is 69.7 Å². The molecule has 0 aliphatic heterocycles. The first-order valence-electron chi connectivity index (χ1n) is 7.52. The molecule has 0 aliphatic rings. The lowest BCUT2D eigenvalue weighted by Gasteiger charge is -2.08. The van der Waals surface area contributed by atoms with Crippen molar-refractivity contribution in [3.63, 3.8) is 0 Å². The number of aromatic nitrogens is 3. The van der Waals surface area contributed by atoms with Crippen molar-refractivity contribution in [2.75, 3.05) is 5.75 Å². The molecule has 9 heteroatoms. The zero-order valence-electron chi connectivity index (χ0n) is 13.3. The number of nitrogens with zero attached hydrogens (tertiary/aromatic N) is 3. The quantitative estimate of drug-likeness (QED) is 0.565. The van der Waals surface area contributed by atoms with Crippen molar-refractivity contribution in [2.45, 2.75) is 11.7 Å². The SMILES string of the molecule is O=C(CSc1nncn1-c1cccc(Cl)c1)NCc1cc(Br)ccc1F. The van der Waals surface area contributed by atoms with Crippen LogP contribution >= 0.6 is 39.3 Å². The molecule has 134 valence electrons. The lowest BCUT2D eigenvalue weighted by Crippen LogP contribution is -2.25. The number of rotatable bonds is 6. The van der Waals surface area contributed by atoms with Crippen molar-refractivity contribution in [2.24, 2.45) is 0 Å². The van der Waals surface area contributed by atoms with Gasteiger partial charge in [0.15, 0.2) is 5.16 Å². The fourth-order valence-electron chi connectivity index (χ4n) is 2.18. The van der Waals surface area contributed by atoms with Crippen LogP contribution in [0, 0.1) is 5.82 Å². The van der Waals surface area contributed by atoms with Crippen LogP contribution in [0.5, 0.6) is 0 Å². The largest absolute Gasteiger partial charge is 0.351 e. The Balaban J connectivity index is 1.59. The zero-order valence-corrected chi connectivity index (χ0v) is 16.5. The molecule has 0 unspecified atom stereocenters. The van der Waals surface area contributed by atoms with Gasteiger partial charge in [-0.2, -0.15) is 0 Å². The zero-order chi connectivity index (χ0) is 18.5. The minimum Gasteiger partial charge on any atom is -0.351 e. The Morgan fingerprint density at radius 3 is 2.96 bits per heavy atom. The molecule has 0 atom stereocenters. The summed E-state index contributed by atoms with van der Waals surface area (Å²) in [5, 5.41) is 11.8. The van der Waals surface area contributed by atoms with E-state index in [1.165, 1.54) is 17.8 Å². The van der Waals surface area contributed by atoms with Crippen molar-refractivity contribution < 1.29 is 9.18 Å². The Bertz CT molecular complexity index is 937. The van der Waals surface area contributed by atoms with E-state index in [0.717, 1.165) is 10.2 Å². The van der Waals surface area contributed by atoms with Gasteiger partial charge in [-0.15, -0.1) is 10.2 Å². The molecule has 1 N–H and O–H groups in total. The van der Waals surface area contributed by atoms with Gasteiger partial charge < -0.3 is 5.32 Å². The molecule has 1 amide bonds. The second kappa shape index (κ2) is 8.66. The Hall–Kier alpha value is -1.90. The van der Waals surface area contributed by atoms with Crippen LogP contribution < -0.4 is 5.32 Å². The summed E-state index contributed by atoms with van der Waals surface area (Å²) in [5.41, 5.74) is 1.22. The Kier molecular flexibility index (Phi) is 6.29. The van der Waals surface area contributed by atoms with Gasteiger partial charge in [-0.3, -0.25) is 9.36 Å². The summed E-state index contributed by atoms with van der Waals surface area (Å²) in [7, 11) is 0. The Labute approximate surface area is 167 Å². The van der Waals surface area contributed by atoms with Crippen LogP contribution in [0.25, 0.3) is 5.69 Å². The lowest BCUT2D eigenvalue weighted by molar-refractivity contribution is -0.118. The number of hydrogen-bond donors (Lipinski definition) is 1. The van der Waals surface area contributed by atoms with Gasteiger partial charge in [-0.25, -0.2) is 4.39 Å². The molecule has 3 aromatic rings. The maximum Gasteiger partial charge on any atom is 0.230 e. The minimum atomic E-state index is -0.359. The first-order valence-corrected chi connectivity index (χ1v) is 9.68. The first-order chi connectivity index (χ1) is 12.5. The first kappa shape index (κ1) is 18.9. The van der Waals surface area contributed by atoms with Crippen LogP contribution in [0.1, 0.15) is 5.56 Å². The molecule has 0 saturated carbocycles. The van der Waals surface area contributed by atoms with E-state index in [4.69, 9.17) is 11.6 Å². The van der Waals surface area contributed by atoms with Gasteiger partial charge in [-0.1, -0.05) is 45.4 Å². The molecule has 0 aliphatic carbocycles. The van der Waals surface area contributed by atoms with Gasteiger partial charge in [0.25, 0.3) is 0 Å². The van der Waals surface area contributed by atoms with E-state index in [2.05, 4.69) is 31.4 Å². The number of halogens is 3. The number of amides is 1.